The van der Waals surface area contributed by atoms with Gasteiger partial charge in [-0.15, -0.1) is 0 Å². The molecule has 0 radical (unpaired) electrons. The number of hydrogen-bond acceptors (Lipinski definition) is 0. The Hall–Kier alpha value is -0.960. The molecule has 1 fully saturated rings. The van der Waals surface area contributed by atoms with Crippen molar-refractivity contribution < 1.29 is 13.2 Å². The minimum Gasteiger partial charge on any atom is -0.165 e. The largest absolute Gasteiger partial charge is 0.426 e. The van der Waals surface area contributed by atoms with Gasteiger partial charge in [-0.05, 0) is 29.2 Å². The van der Waals surface area contributed by atoms with Crippen molar-refractivity contribution in [2.24, 2.45) is 17.3 Å². The Bertz CT molecular complexity index is 474. The molecule has 1 aliphatic carbocycles. The molecule has 0 heterocycles. The molecule has 0 amide bonds. The average molecular weight is 289 g/mol. The molecule has 2 atom stereocenters. The molecule has 2 rings (SSSR count). The maximum Gasteiger partial charge on any atom is 0.426 e. The highest BCUT2D eigenvalue weighted by Crippen LogP contribution is 2.61. The van der Waals surface area contributed by atoms with Gasteiger partial charge in [-0.3, -0.25) is 0 Å². The zero-order valence-corrected chi connectivity index (χ0v) is 11.6. The van der Waals surface area contributed by atoms with Crippen molar-refractivity contribution in [2.45, 2.75) is 26.4 Å². The van der Waals surface area contributed by atoms with Gasteiger partial charge >= 0.3 is 6.18 Å². The summed E-state index contributed by atoms with van der Waals surface area (Å²) >= 11 is 5.32. The third-order valence-electron chi connectivity index (χ3n) is 4.03. The minimum atomic E-state index is -4.43. The van der Waals surface area contributed by atoms with E-state index in [2.05, 4.69) is 0 Å². The van der Waals surface area contributed by atoms with E-state index in [4.69, 9.17) is 11.6 Å². The first-order chi connectivity index (χ1) is 8.73. The summed E-state index contributed by atoms with van der Waals surface area (Å²) in [6, 6.07) is 9.82. The molecular formula is C15H16ClF3. The molecule has 0 N–H and O–H groups in total. The Morgan fingerprint density at radius 1 is 1.26 bits per heavy atom. The third kappa shape index (κ3) is 3.14. The Labute approximate surface area is 116 Å². The normalized spacial score (nSPS) is 26.3. The SMILES string of the molecule is CC1(C)[C@@H](C=C(Cl)C(F)(F)F)[C@@H]1Cc1ccccc1. The van der Waals surface area contributed by atoms with E-state index in [1.54, 1.807) is 0 Å². The van der Waals surface area contributed by atoms with Gasteiger partial charge in [0.25, 0.3) is 0 Å². The Morgan fingerprint density at radius 2 is 1.84 bits per heavy atom. The van der Waals surface area contributed by atoms with Crippen LogP contribution in [0.25, 0.3) is 0 Å². The second kappa shape index (κ2) is 4.86. The zero-order chi connectivity index (χ0) is 14.3. The summed E-state index contributed by atoms with van der Waals surface area (Å²) in [7, 11) is 0. The average Bonchev–Trinajstić information content (AvgIpc) is 2.81. The first kappa shape index (κ1) is 14.4. The molecule has 4 heteroatoms. The van der Waals surface area contributed by atoms with E-state index >= 15 is 0 Å². The van der Waals surface area contributed by atoms with Crippen molar-refractivity contribution in [3.05, 3.63) is 47.0 Å². The van der Waals surface area contributed by atoms with Crippen LogP contribution >= 0.6 is 11.6 Å². The molecule has 0 saturated heterocycles. The topological polar surface area (TPSA) is 0 Å². The van der Waals surface area contributed by atoms with Crippen LogP contribution in [0.15, 0.2) is 41.4 Å². The maximum atomic E-state index is 12.4. The van der Waals surface area contributed by atoms with Crippen molar-refractivity contribution in [1.82, 2.24) is 0 Å². The second-order valence-corrected chi connectivity index (χ2v) is 6.06. The van der Waals surface area contributed by atoms with Gasteiger partial charge in [0.1, 0.15) is 5.03 Å². The number of rotatable bonds is 3. The lowest BCUT2D eigenvalue weighted by Crippen LogP contribution is -2.07. The van der Waals surface area contributed by atoms with Crippen molar-refractivity contribution >= 4 is 11.6 Å². The van der Waals surface area contributed by atoms with Crippen LogP contribution in [-0.2, 0) is 6.42 Å². The summed E-state index contributed by atoms with van der Waals surface area (Å²) in [5, 5.41) is -0.999. The predicted molar refractivity (Wildman–Crippen MR) is 70.9 cm³/mol. The number of benzene rings is 1. The Kier molecular flexibility index (Phi) is 3.69. The van der Waals surface area contributed by atoms with Gasteiger partial charge in [-0.25, -0.2) is 0 Å². The van der Waals surface area contributed by atoms with Gasteiger partial charge < -0.3 is 0 Å². The van der Waals surface area contributed by atoms with Crippen molar-refractivity contribution in [1.29, 1.82) is 0 Å². The van der Waals surface area contributed by atoms with Gasteiger partial charge in [0.05, 0.1) is 0 Å². The van der Waals surface area contributed by atoms with Gasteiger partial charge in [0.15, 0.2) is 0 Å². The third-order valence-corrected chi connectivity index (χ3v) is 4.37. The van der Waals surface area contributed by atoms with Crippen molar-refractivity contribution in [2.75, 3.05) is 0 Å². The van der Waals surface area contributed by atoms with E-state index in [0.29, 0.717) is 0 Å². The molecule has 0 bridgehead atoms. The smallest absolute Gasteiger partial charge is 0.165 e. The van der Waals surface area contributed by atoms with Gasteiger partial charge in [-0.1, -0.05) is 61.9 Å². The fourth-order valence-electron chi connectivity index (χ4n) is 2.63. The summed E-state index contributed by atoms with van der Waals surface area (Å²) in [5.41, 5.74) is 1.03. The molecule has 19 heavy (non-hydrogen) atoms. The molecule has 104 valence electrons. The van der Waals surface area contributed by atoms with Crippen LogP contribution in [0.5, 0.6) is 0 Å². The van der Waals surface area contributed by atoms with Crippen LogP contribution in [0.3, 0.4) is 0 Å². The summed E-state index contributed by atoms with van der Waals surface area (Å²) in [5.74, 6) is 0.104. The fraction of sp³-hybridized carbons (Fsp3) is 0.467. The summed E-state index contributed by atoms with van der Waals surface area (Å²) in [6.07, 6.45) is -2.47. The first-order valence-electron chi connectivity index (χ1n) is 6.21. The molecule has 1 saturated carbocycles. The van der Waals surface area contributed by atoms with E-state index in [1.807, 2.05) is 44.2 Å². The summed E-state index contributed by atoms with van der Waals surface area (Å²) in [6.45, 7) is 3.98. The summed E-state index contributed by atoms with van der Waals surface area (Å²) < 4.78 is 37.3. The monoisotopic (exact) mass is 288 g/mol. The molecule has 0 aromatic heterocycles. The molecular weight excluding hydrogens is 273 g/mol. The van der Waals surface area contributed by atoms with E-state index in [0.717, 1.165) is 12.0 Å². The number of allylic oxidation sites excluding steroid dienone is 2. The molecule has 1 aliphatic rings. The first-order valence-corrected chi connectivity index (χ1v) is 6.59. The lowest BCUT2D eigenvalue weighted by atomic mass is 10.0. The number of hydrogen-bond donors (Lipinski definition) is 0. The van der Waals surface area contributed by atoms with Crippen LogP contribution in [0.4, 0.5) is 13.2 Å². The van der Waals surface area contributed by atoms with Crippen LogP contribution in [0.2, 0.25) is 0 Å². The van der Waals surface area contributed by atoms with E-state index in [9.17, 15) is 13.2 Å². The lowest BCUT2D eigenvalue weighted by Gasteiger charge is -2.04. The van der Waals surface area contributed by atoms with Gasteiger partial charge in [0, 0.05) is 0 Å². The van der Waals surface area contributed by atoms with E-state index in [1.165, 1.54) is 6.08 Å². The van der Waals surface area contributed by atoms with Gasteiger partial charge in [0.2, 0.25) is 0 Å². The number of halogens is 4. The van der Waals surface area contributed by atoms with Crippen molar-refractivity contribution in [3.8, 4) is 0 Å². The van der Waals surface area contributed by atoms with E-state index in [-0.39, 0.29) is 17.3 Å². The molecule has 1 aromatic carbocycles. The Morgan fingerprint density at radius 3 is 2.37 bits per heavy atom. The molecule has 1 aromatic rings. The predicted octanol–water partition coefficient (Wildman–Crippen LogP) is 5.19. The standard InChI is InChI=1S/C15H16ClF3/c1-14(2)11(8-10-6-4-3-5-7-10)12(14)9-13(16)15(17,18)19/h3-7,9,11-12H,8H2,1-2H3/t11-,12-/m0/s1. The lowest BCUT2D eigenvalue weighted by molar-refractivity contribution is -0.0848. The maximum absolute atomic E-state index is 12.4. The fourth-order valence-corrected chi connectivity index (χ4v) is 2.76. The summed E-state index contributed by atoms with van der Waals surface area (Å²) in [4.78, 5) is 0. The quantitative estimate of drug-likeness (QED) is 0.718. The van der Waals surface area contributed by atoms with Crippen molar-refractivity contribution in [3.63, 3.8) is 0 Å². The van der Waals surface area contributed by atoms with Gasteiger partial charge in [-0.2, -0.15) is 13.2 Å². The minimum absolute atomic E-state index is 0.109. The zero-order valence-electron chi connectivity index (χ0n) is 10.8. The number of alkyl halides is 3. The molecule has 0 spiro atoms. The Balaban J connectivity index is 2.09. The highest BCUT2D eigenvalue weighted by Gasteiger charge is 2.56. The second-order valence-electron chi connectivity index (χ2n) is 5.66. The highest BCUT2D eigenvalue weighted by molar-refractivity contribution is 6.30. The van der Waals surface area contributed by atoms with Crippen LogP contribution in [0.1, 0.15) is 19.4 Å². The molecule has 0 nitrogen and oxygen atoms in total. The van der Waals surface area contributed by atoms with Crippen LogP contribution < -0.4 is 0 Å². The highest BCUT2D eigenvalue weighted by atomic mass is 35.5. The van der Waals surface area contributed by atoms with Crippen LogP contribution in [-0.4, -0.2) is 6.18 Å². The van der Waals surface area contributed by atoms with E-state index < -0.39 is 11.2 Å². The molecule has 0 aliphatic heterocycles. The van der Waals surface area contributed by atoms with Crippen LogP contribution in [0, 0.1) is 17.3 Å². The molecule has 0 unspecified atom stereocenters.